The van der Waals surface area contributed by atoms with Gasteiger partial charge in [-0.1, -0.05) is 63.7 Å². The van der Waals surface area contributed by atoms with Crippen molar-refractivity contribution in [2.75, 3.05) is 0 Å². The quantitative estimate of drug-likeness (QED) is 0.208. The molecule has 0 saturated heterocycles. The zero-order chi connectivity index (χ0) is 17.6. The van der Waals surface area contributed by atoms with E-state index in [-0.39, 0.29) is 18.0 Å². The SMILES string of the molecule is CCCCCCCCC(/C=C/C=C/[C@@H]1CCC[C@H]1C=O)OC(C)=O. The van der Waals surface area contributed by atoms with E-state index < -0.39 is 0 Å². The molecule has 0 spiro atoms. The summed E-state index contributed by atoms with van der Waals surface area (Å²) >= 11 is 0. The summed E-state index contributed by atoms with van der Waals surface area (Å²) in [5.41, 5.74) is 0. The maximum Gasteiger partial charge on any atom is 0.303 e. The monoisotopic (exact) mass is 334 g/mol. The summed E-state index contributed by atoms with van der Waals surface area (Å²) in [6.07, 6.45) is 20.6. The summed E-state index contributed by atoms with van der Waals surface area (Å²) in [5, 5.41) is 0. The van der Waals surface area contributed by atoms with Gasteiger partial charge in [0.15, 0.2) is 0 Å². The van der Waals surface area contributed by atoms with Gasteiger partial charge in [0, 0.05) is 12.8 Å². The summed E-state index contributed by atoms with van der Waals surface area (Å²) in [6.45, 7) is 3.68. The Morgan fingerprint density at radius 2 is 1.79 bits per heavy atom. The van der Waals surface area contributed by atoms with Crippen LogP contribution in [0.2, 0.25) is 0 Å². The molecule has 1 aliphatic carbocycles. The van der Waals surface area contributed by atoms with Gasteiger partial charge < -0.3 is 9.53 Å². The van der Waals surface area contributed by atoms with E-state index in [1.165, 1.54) is 39.0 Å². The van der Waals surface area contributed by atoms with Crippen molar-refractivity contribution in [3.05, 3.63) is 24.3 Å². The minimum absolute atomic E-state index is 0.135. The van der Waals surface area contributed by atoms with Crippen molar-refractivity contribution < 1.29 is 14.3 Å². The van der Waals surface area contributed by atoms with Crippen LogP contribution in [-0.2, 0) is 14.3 Å². The first-order valence-electron chi connectivity index (χ1n) is 9.64. The van der Waals surface area contributed by atoms with Crippen LogP contribution in [0.3, 0.4) is 0 Å². The molecule has 0 bridgehead atoms. The fraction of sp³-hybridized carbons (Fsp3) is 0.714. The van der Waals surface area contributed by atoms with Crippen molar-refractivity contribution in [2.24, 2.45) is 11.8 Å². The van der Waals surface area contributed by atoms with Gasteiger partial charge in [0.2, 0.25) is 0 Å². The zero-order valence-electron chi connectivity index (χ0n) is 15.4. The molecule has 0 aromatic rings. The second kappa shape index (κ2) is 13.0. The minimum atomic E-state index is -0.226. The van der Waals surface area contributed by atoms with E-state index in [4.69, 9.17) is 4.74 Å². The number of hydrogen-bond acceptors (Lipinski definition) is 3. The van der Waals surface area contributed by atoms with Crippen LogP contribution in [-0.4, -0.2) is 18.4 Å². The molecule has 0 aromatic heterocycles. The van der Waals surface area contributed by atoms with Crippen LogP contribution in [0, 0.1) is 11.8 Å². The highest BCUT2D eigenvalue weighted by atomic mass is 16.5. The average molecular weight is 335 g/mol. The Kier molecular flexibility index (Phi) is 11.2. The van der Waals surface area contributed by atoms with E-state index in [0.29, 0.717) is 5.92 Å². The number of rotatable bonds is 12. The lowest BCUT2D eigenvalue weighted by Gasteiger charge is -2.13. The number of allylic oxidation sites excluding steroid dienone is 3. The number of hydrogen-bond donors (Lipinski definition) is 0. The fourth-order valence-corrected chi connectivity index (χ4v) is 3.35. The molecule has 24 heavy (non-hydrogen) atoms. The van der Waals surface area contributed by atoms with Gasteiger partial charge in [0.05, 0.1) is 0 Å². The molecule has 136 valence electrons. The standard InChI is InChI=1S/C21H34O3/c1-3-4-5-6-7-8-15-21(24-18(2)23)16-10-9-12-19-13-11-14-20(19)17-22/h9-10,12,16-17,19-21H,3-8,11,13-15H2,1-2H3/b12-9+,16-10+/t19-,20+,21?/m1/s1. The van der Waals surface area contributed by atoms with E-state index in [9.17, 15) is 9.59 Å². The molecule has 3 atom stereocenters. The number of unbranched alkanes of at least 4 members (excludes halogenated alkanes) is 5. The molecular weight excluding hydrogens is 300 g/mol. The Labute approximate surface area is 147 Å². The van der Waals surface area contributed by atoms with Crippen molar-refractivity contribution >= 4 is 12.3 Å². The lowest BCUT2D eigenvalue weighted by molar-refractivity contribution is -0.144. The predicted molar refractivity (Wildman–Crippen MR) is 98.7 cm³/mol. The topological polar surface area (TPSA) is 43.4 Å². The lowest BCUT2D eigenvalue weighted by Crippen LogP contribution is -2.13. The van der Waals surface area contributed by atoms with Gasteiger partial charge in [0.1, 0.15) is 12.4 Å². The Morgan fingerprint density at radius 1 is 1.08 bits per heavy atom. The Bertz CT molecular complexity index is 411. The number of carbonyl (C=O) groups is 2. The highest BCUT2D eigenvalue weighted by molar-refractivity contribution is 5.66. The highest BCUT2D eigenvalue weighted by Gasteiger charge is 2.23. The Hall–Kier alpha value is -1.38. The molecule has 0 amide bonds. The molecular formula is C21H34O3. The molecule has 1 unspecified atom stereocenters. The second-order valence-corrected chi connectivity index (χ2v) is 6.87. The van der Waals surface area contributed by atoms with Crippen molar-refractivity contribution in [1.29, 1.82) is 0 Å². The summed E-state index contributed by atoms with van der Waals surface area (Å²) in [4.78, 5) is 22.2. The summed E-state index contributed by atoms with van der Waals surface area (Å²) < 4.78 is 5.38. The third-order valence-electron chi connectivity index (χ3n) is 4.75. The van der Waals surface area contributed by atoms with Gasteiger partial charge in [-0.15, -0.1) is 0 Å². The molecule has 0 N–H and O–H groups in total. The maximum atomic E-state index is 11.2. The normalized spacial score (nSPS) is 22.2. The minimum Gasteiger partial charge on any atom is -0.458 e. The average Bonchev–Trinajstić information content (AvgIpc) is 3.01. The second-order valence-electron chi connectivity index (χ2n) is 6.87. The van der Waals surface area contributed by atoms with E-state index in [2.05, 4.69) is 13.0 Å². The van der Waals surface area contributed by atoms with E-state index in [1.54, 1.807) is 0 Å². The van der Waals surface area contributed by atoms with Crippen LogP contribution < -0.4 is 0 Å². The van der Waals surface area contributed by atoms with Gasteiger partial charge in [-0.25, -0.2) is 0 Å². The van der Waals surface area contributed by atoms with Crippen LogP contribution >= 0.6 is 0 Å². The zero-order valence-corrected chi connectivity index (χ0v) is 15.4. The first-order valence-corrected chi connectivity index (χ1v) is 9.64. The van der Waals surface area contributed by atoms with Gasteiger partial charge in [-0.3, -0.25) is 4.79 Å². The highest BCUT2D eigenvalue weighted by Crippen LogP contribution is 2.31. The third-order valence-corrected chi connectivity index (χ3v) is 4.75. The molecule has 1 saturated carbocycles. The van der Waals surface area contributed by atoms with Crippen molar-refractivity contribution in [3.8, 4) is 0 Å². The fourth-order valence-electron chi connectivity index (χ4n) is 3.35. The molecule has 1 rings (SSSR count). The van der Waals surface area contributed by atoms with Crippen molar-refractivity contribution in [3.63, 3.8) is 0 Å². The van der Waals surface area contributed by atoms with E-state index >= 15 is 0 Å². The van der Waals surface area contributed by atoms with Gasteiger partial charge in [0.25, 0.3) is 0 Å². The van der Waals surface area contributed by atoms with Gasteiger partial charge in [-0.2, -0.15) is 0 Å². The van der Waals surface area contributed by atoms with E-state index in [0.717, 1.165) is 38.4 Å². The number of ether oxygens (including phenoxy) is 1. The molecule has 1 fully saturated rings. The molecule has 3 nitrogen and oxygen atoms in total. The maximum absolute atomic E-state index is 11.2. The first kappa shape index (κ1) is 20.7. The van der Waals surface area contributed by atoms with Crippen LogP contribution in [0.5, 0.6) is 0 Å². The molecule has 0 aliphatic heterocycles. The Balaban J connectivity index is 2.35. The number of aldehydes is 1. The number of esters is 1. The summed E-state index contributed by atoms with van der Waals surface area (Å²) in [5.74, 6) is 0.330. The van der Waals surface area contributed by atoms with Gasteiger partial charge >= 0.3 is 5.97 Å². The summed E-state index contributed by atoms with van der Waals surface area (Å²) in [7, 11) is 0. The van der Waals surface area contributed by atoms with Crippen LogP contribution in [0.1, 0.15) is 78.1 Å². The largest absolute Gasteiger partial charge is 0.458 e. The molecule has 0 heterocycles. The van der Waals surface area contributed by atoms with Crippen LogP contribution in [0.15, 0.2) is 24.3 Å². The Morgan fingerprint density at radius 3 is 2.50 bits per heavy atom. The van der Waals surface area contributed by atoms with Crippen molar-refractivity contribution in [1.82, 2.24) is 0 Å². The smallest absolute Gasteiger partial charge is 0.303 e. The first-order chi connectivity index (χ1) is 11.7. The van der Waals surface area contributed by atoms with Crippen LogP contribution in [0.25, 0.3) is 0 Å². The molecule has 0 radical (unpaired) electrons. The van der Waals surface area contributed by atoms with Crippen molar-refractivity contribution in [2.45, 2.75) is 84.2 Å². The van der Waals surface area contributed by atoms with Crippen LogP contribution in [0.4, 0.5) is 0 Å². The molecule has 1 aliphatic rings. The van der Waals surface area contributed by atoms with E-state index in [1.807, 2.05) is 18.2 Å². The summed E-state index contributed by atoms with van der Waals surface area (Å²) in [6, 6.07) is 0. The van der Waals surface area contributed by atoms with Gasteiger partial charge in [-0.05, 0) is 37.7 Å². The molecule has 3 heteroatoms. The third kappa shape index (κ3) is 9.05. The predicted octanol–water partition coefficient (Wildman–Crippen LogP) is 5.40. The number of carbonyl (C=O) groups excluding carboxylic acids is 2. The molecule has 0 aromatic carbocycles. The lowest BCUT2D eigenvalue weighted by atomic mass is 9.97.